The molecule has 0 aliphatic rings. The molecule has 0 aliphatic carbocycles. The summed E-state index contributed by atoms with van der Waals surface area (Å²) in [6.45, 7) is 0. The summed E-state index contributed by atoms with van der Waals surface area (Å²) in [5.41, 5.74) is 7.52. The monoisotopic (exact) mass is 505 g/mol. The smallest absolute Gasteiger partial charge is 0.255 e. The van der Waals surface area contributed by atoms with Gasteiger partial charge in [-0.2, -0.15) is 10.2 Å². The molecule has 0 saturated heterocycles. The predicted molar refractivity (Wildman–Crippen MR) is 155 cm³/mol. The van der Waals surface area contributed by atoms with Crippen LogP contribution in [0.5, 0.6) is 0 Å². The molecule has 0 aliphatic heterocycles. The molecule has 186 valence electrons. The van der Waals surface area contributed by atoms with Gasteiger partial charge in [0.15, 0.2) is 0 Å². The molecule has 6 heteroatoms. The quantitative estimate of drug-likeness (QED) is 0.230. The Bertz CT molecular complexity index is 1770. The Balaban J connectivity index is 1.27. The number of amides is 1. The van der Waals surface area contributed by atoms with Crippen LogP contribution in [0.4, 0.5) is 17.1 Å². The Morgan fingerprint density at radius 3 is 1.64 bits per heavy atom. The van der Waals surface area contributed by atoms with Crippen LogP contribution >= 0.6 is 0 Å². The third kappa shape index (κ3) is 5.45. The minimum absolute atomic E-state index is 0.231. The second-order valence-corrected chi connectivity index (χ2v) is 8.89. The average molecular weight is 506 g/mol. The van der Waals surface area contributed by atoms with Gasteiger partial charge in [-0.3, -0.25) is 4.79 Å². The second kappa shape index (κ2) is 10.9. The summed E-state index contributed by atoms with van der Waals surface area (Å²) in [6.07, 6.45) is 0. The van der Waals surface area contributed by atoms with Crippen molar-refractivity contribution in [1.29, 1.82) is 0 Å². The Kier molecular flexibility index (Phi) is 6.65. The van der Waals surface area contributed by atoms with Gasteiger partial charge in [0, 0.05) is 22.4 Å². The van der Waals surface area contributed by atoms with Gasteiger partial charge in [-0.1, -0.05) is 78.9 Å². The number of carbonyl (C=O) groups excluding carboxylic acids is 1. The Hall–Kier alpha value is -5.49. The molecule has 0 unspecified atom stereocenters. The first kappa shape index (κ1) is 23.9. The normalized spacial score (nSPS) is 11.1. The van der Waals surface area contributed by atoms with Crippen molar-refractivity contribution in [3.63, 3.8) is 0 Å². The SMILES string of the molecule is O=C(Nc1ccc(N=Nc2ccccc2)cc1)c1ccc2nc(-c3ccccc3)c(-c3ccccc3)nc2c1. The summed E-state index contributed by atoms with van der Waals surface area (Å²) in [5, 5.41) is 11.4. The van der Waals surface area contributed by atoms with E-state index in [9.17, 15) is 4.79 Å². The fourth-order valence-corrected chi connectivity index (χ4v) is 4.21. The van der Waals surface area contributed by atoms with E-state index in [2.05, 4.69) is 15.5 Å². The van der Waals surface area contributed by atoms with Gasteiger partial charge in [0.1, 0.15) is 0 Å². The minimum Gasteiger partial charge on any atom is -0.322 e. The van der Waals surface area contributed by atoms with Gasteiger partial charge >= 0.3 is 0 Å². The number of rotatable bonds is 6. The van der Waals surface area contributed by atoms with E-state index in [-0.39, 0.29) is 5.91 Å². The molecular weight excluding hydrogens is 482 g/mol. The van der Waals surface area contributed by atoms with Crippen molar-refractivity contribution in [1.82, 2.24) is 9.97 Å². The van der Waals surface area contributed by atoms with Crippen molar-refractivity contribution < 1.29 is 4.79 Å². The lowest BCUT2D eigenvalue weighted by Crippen LogP contribution is -2.11. The van der Waals surface area contributed by atoms with Crippen LogP contribution < -0.4 is 5.32 Å². The number of fused-ring (bicyclic) bond motifs is 1. The van der Waals surface area contributed by atoms with Crippen LogP contribution in [0.3, 0.4) is 0 Å². The lowest BCUT2D eigenvalue weighted by atomic mass is 10.0. The summed E-state index contributed by atoms with van der Waals surface area (Å²) in [7, 11) is 0. The van der Waals surface area contributed by atoms with E-state index in [1.165, 1.54) is 0 Å². The molecule has 0 radical (unpaired) electrons. The van der Waals surface area contributed by atoms with Crippen LogP contribution in [0.1, 0.15) is 10.4 Å². The summed E-state index contributed by atoms with van der Waals surface area (Å²) < 4.78 is 0. The number of hydrogen-bond donors (Lipinski definition) is 1. The number of carbonyl (C=O) groups is 1. The third-order valence-electron chi connectivity index (χ3n) is 6.18. The van der Waals surface area contributed by atoms with Gasteiger partial charge in [-0.25, -0.2) is 9.97 Å². The Labute approximate surface area is 225 Å². The van der Waals surface area contributed by atoms with Crippen molar-refractivity contribution in [2.45, 2.75) is 0 Å². The predicted octanol–water partition coefficient (Wildman–Crippen LogP) is 8.63. The molecule has 0 saturated carbocycles. The zero-order valence-electron chi connectivity index (χ0n) is 20.9. The molecule has 6 aromatic rings. The lowest BCUT2D eigenvalue weighted by molar-refractivity contribution is 0.102. The summed E-state index contributed by atoms with van der Waals surface area (Å²) in [6, 6.07) is 42.1. The molecule has 0 atom stereocenters. The van der Waals surface area contributed by atoms with Gasteiger partial charge in [0.25, 0.3) is 5.91 Å². The van der Waals surface area contributed by atoms with E-state index in [1.807, 2.05) is 109 Å². The molecule has 6 rings (SSSR count). The number of anilines is 1. The molecule has 0 bridgehead atoms. The Morgan fingerprint density at radius 2 is 1.05 bits per heavy atom. The largest absolute Gasteiger partial charge is 0.322 e. The molecule has 0 fully saturated rings. The van der Waals surface area contributed by atoms with E-state index in [4.69, 9.17) is 9.97 Å². The maximum absolute atomic E-state index is 13.1. The molecule has 1 amide bonds. The van der Waals surface area contributed by atoms with Gasteiger partial charge in [0.05, 0.1) is 33.8 Å². The van der Waals surface area contributed by atoms with E-state index in [0.29, 0.717) is 22.5 Å². The highest BCUT2D eigenvalue weighted by molar-refractivity contribution is 6.06. The number of nitrogens with zero attached hydrogens (tertiary/aromatic N) is 4. The molecule has 39 heavy (non-hydrogen) atoms. The van der Waals surface area contributed by atoms with Crippen molar-refractivity contribution in [3.05, 3.63) is 139 Å². The van der Waals surface area contributed by atoms with Crippen LogP contribution in [0, 0.1) is 0 Å². The number of nitrogens with one attached hydrogen (secondary N) is 1. The zero-order chi connectivity index (χ0) is 26.4. The average Bonchev–Trinajstić information content (AvgIpc) is 3.01. The molecular formula is C33H23N5O. The van der Waals surface area contributed by atoms with Crippen molar-refractivity contribution in [3.8, 4) is 22.5 Å². The van der Waals surface area contributed by atoms with Gasteiger partial charge in [-0.15, -0.1) is 0 Å². The fourth-order valence-electron chi connectivity index (χ4n) is 4.21. The first-order chi connectivity index (χ1) is 19.2. The first-order valence-corrected chi connectivity index (χ1v) is 12.5. The highest BCUT2D eigenvalue weighted by Crippen LogP contribution is 2.31. The lowest BCUT2D eigenvalue weighted by Gasteiger charge is -2.11. The van der Waals surface area contributed by atoms with Crippen LogP contribution in [0.25, 0.3) is 33.5 Å². The third-order valence-corrected chi connectivity index (χ3v) is 6.18. The van der Waals surface area contributed by atoms with Gasteiger partial charge < -0.3 is 5.32 Å². The highest BCUT2D eigenvalue weighted by Gasteiger charge is 2.15. The highest BCUT2D eigenvalue weighted by atomic mass is 16.1. The van der Waals surface area contributed by atoms with Crippen LogP contribution in [0.15, 0.2) is 144 Å². The van der Waals surface area contributed by atoms with Crippen molar-refractivity contribution >= 4 is 34.0 Å². The van der Waals surface area contributed by atoms with Crippen molar-refractivity contribution in [2.75, 3.05) is 5.32 Å². The van der Waals surface area contributed by atoms with Gasteiger partial charge in [0.2, 0.25) is 0 Å². The zero-order valence-corrected chi connectivity index (χ0v) is 20.9. The van der Waals surface area contributed by atoms with Gasteiger partial charge in [-0.05, 0) is 54.6 Å². The fraction of sp³-hybridized carbons (Fsp3) is 0. The van der Waals surface area contributed by atoms with Crippen LogP contribution in [0.2, 0.25) is 0 Å². The topological polar surface area (TPSA) is 79.6 Å². The molecule has 1 N–H and O–H groups in total. The molecule has 5 aromatic carbocycles. The standard InChI is InChI=1S/C33H23N5O/c39-33(34-26-17-19-28(20-18-26)38-37-27-14-8-3-9-15-27)25-16-21-29-30(22-25)36-32(24-12-6-2-7-13-24)31(35-29)23-10-4-1-5-11-23/h1-22H,(H,34,39). The molecule has 0 spiro atoms. The Morgan fingerprint density at radius 1 is 0.538 bits per heavy atom. The summed E-state index contributed by atoms with van der Waals surface area (Å²) >= 11 is 0. The van der Waals surface area contributed by atoms with E-state index in [0.717, 1.165) is 33.7 Å². The second-order valence-electron chi connectivity index (χ2n) is 8.89. The first-order valence-electron chi connectivity index (χ1n) is 12.5. The summed E-state index contributed by atoms with van der Waals surface area (Å²) in [5.74, 6) is -0.231. The van der Waals surface area contributed by atoms with Crippen molar-refractivity contribution in [2.24, 2.45) is 10.2 Å². The minimum atomic E-state index is -0.231. The molecule has 1 aromatic heterocycles. The maximum Gasteiger partial charge on any atom is 0.255 e. The number of aromatic nitrogens is 2. The summed E-state index contributed by atoms with van der Waals surface area (Å²) in [4.78, 5) is 23.0. The number of benzene rings is 5. The van der Waals surface area contributed by atoms with Crippen LogP contribution in [-0.4, -0.2) is 15.9 Å². The number of azo groups is 1. The molecule has 6 nitrogen and oxygen atoms in total. The maximum atomic E-state index is 13.1. The van der Waals surface area contributed by atoms with E-state index < -0.39 is 0 Å². The number of hydrogen-bond acceptors (Lipinski definition) is 5. The van der Waals surface area contributed by atoms with Crippen LogP contribution in [-0.2, 0) is 0 Å². The van der Waals surface area contributed by atoms with E-state index in [1.54, 1.807) is 24.3 Å². The molecule has 1 heterocycles. The van der Waals surface area contributed by atoms with E-state index >= 15 is 0 Å².